The first-order valence-electron chi connectivity index (χ1n) is 8.49. The lowest BCUT2D eigenvalue weighted by atomic mass is 10.1. The minimum atomic E-state index is -0.0106. The Kier molecular flexibility index (Phi) is 4.66. The molecule has 0 saturated carbocycles. The summed E-state index contributed by atoms with van der Waals surface area (Å²) in [5, 5.41) is 0.659. The summed E-state index contributed by atoms with van der Waals surface area (Å²) >= 11 is 7.46. The molecule has 3 aromatic rings. The molecule has 6 heteroatoms. The summed E-state index contributed by atoms with van der Waals surface area (Å²) in [6.45, 7) is 3.21. The van der Waals surface area contributed by atoms with Gasteiger partial charge < -0.3 is 4.90 Å². The third-order valence-electron chi connectivity index (χ3n) is 4.43. The summed E-state index contributed by atoms with van der Waals surface area (Å²) < 4.78 is 2.41. The van der Waals surface area contributed by atoms with Crippen molar-refractivity contribution < 1.29 is 0 Å². The van der Waals surface area contributed by atoms with Gasteiger partial charge in [-0.3, -0.25) is 9.36 Å². The van der Waals surface area contributed by atoms with Crippen LogP contribution in [0.25, 0.3) is 6.08 Å². The third kappa shape index (κ3) is 3.32. The maximum atomic E-state index is 12.8. The van der Waals surface area contributed by atoms with Gasteiger partial charge in [0.2, 0.25) is 0 Å². The van der Waals surface area contributed by atoms with Crippen molar-refractivity contribution in [2.75, 3.05) is 11.6 Å². The molecule has 0 saturated heterocycles. The van der Waals surface area contributed by atoms with Gasteiger partial charge in [0.15, 0.2) is 4.80 Å². The molecule has 0 bridgehead atoms. The van der Waals surface area contributed by atoms with Crippen LogP contribution in [0.1, 0.15) is 18.1 Å². The van der Waals surface area contributed by atoms with Crippen molar-refractivity contribution in [1.82, 2.24) is 4.57 Å². The minimum Gasteiger partial charge on any atom is -0.334 e. The highest BCUT2D eigenvalue weighted by molar-refractivity contribution is 7.07. The fourth-order valence-electron chi connectivity index (χ4n) is 2.97. The summed E-state index contributed by atoms with van der Waals surface area (Å²) in [4.78, 5) is 20.3. The molecular weight excluding hydrogens is 366 g/mol. The van der Waals surface area contributed by atoms with E-state index in [-0.39, 0.29) is 5.56 Å². The number of rotatable bonds is 3. The highest BCUT2D eigenvalue weighted by atomic mass is 35.5. The molecule has 4 rings (SSSR count). The lowest BCUT2D eigenvalue weighted by Crippen LogP contribution is -2.42. The zero-order valence-electron chi connectivity index (χ0n) is 14.4. The number of thiazole rings is 1. The van der Waals surface area contributed by atoms with Crippen LogP contribution in [0.5, 0.6) is 0 Å². The van der Waals surface area contributed by atoms with Crippen molar-refractivity contribution in [3.63, 3.8) is 0 Å². The number of benzene rings is 2. The van der Waals surface area contributed by atoms with Crippen LogP contribution in [-0.2, 0) is 13.1 Å². The summed E-state index contributed by atoms with van der Waals surface area (Å²) in [6, 6.07) is 15.9. The maximum absolute atomic E-state index is 12.8. The summed E-state index contributed by atoms with van der Waals surface area (Å²) in [5.74, 6) is 0. The van der Waals surface area contributed by atoms with Crippen LogP contribution in [0.3, 0.4) is 0 Å². The van der Waals surface area contributed by atoms with E-state index in [0.29, 0.717) is 22.9 Å². The monoisotopic (exact) mass is 383 g/mol. The van der Waals surface area contributed by atoms with E-state index in [1.54, 1.807) is 4.57 Å². The van der Waals surface area contributed by atoms with Crippen molar-refractivity contribution in [1.29, 1.82) is 0 Å². The van der Waals surface area contributed by atoms with Crippen molar-refractivity contribution >= 4 is 34.7 Å². The van der Waals surface area contributed by atoms with Gasteiger partial charge in [0, 0.05) is 10.7 Å². The first-order chi connectivity index (χ1) is 12.6. The molecule has 0 fully saturated rings. The average Bonchev–Trinajstić information content (AvgIpc) is 2.97. The fourth-order valence-corrected chi connectivity index (χ4v) is 4.13. The van der Waals surface area contributed by atoms with Crippen LogP contribution in [0, 0.1) is 0 Å². The van der Waals surface area contributed by atoms with Crippen molar-refractivity contribution in [2.24, 2.45) is 4.99 Å². The Morgan fingerprint density at radius 2 is 2.04 bits per heavy atom. The Balaban J connectivity index is 1.68. The van der Waals surface area contributed by atoms with E-state index < -0.39 is 0 Å². The Labute approximate surface area is 160 Å². The van der Waals surface area contributed by atoms with Crippen molar-refractivity contribution in [2.45, 2.75) is 20.0 Å². The highest BCUT2D eigenvalue weighted by Gasteiger charge is 2.15. The normalized spacial score (nSPS) is 14.2. The van der Waals surface area contributed by atoms with E-state index in [1.165, 1.54) is 16.9 Å². The molecule has 4 nitrogen and oxygen atoms in total. The maximum Gasteiger partial charge on any atom is 0.271 e. The molecule has 0 N–H and O–H groups in total. The van der Waals surface area contributed by atoms with Gasteiger partial charge in [0.1, 0.15) is 13.3 Å². The van der Waals surface area contributed by atoms with Gasteiger partial charge in [-0.1, -0.05) is 54.1 Å². The third-order valence-corrected chi connectivity index (χ3v) is 5.71. The topological polar surface area (TPSA) is 37.6 Å². The Bertz CT molecular complexity index is 1120. The average molecular weight is 384 g/mol. The van der Waals surface area contributed by atoms with E-state index in [2.05, 4.69) is 41.1 Å². The zero-order valence-corrected chi connectivity index (χ0v) is 15.9. The Hall–Kier alpha value is -2.37. The van der Waals surface area contributed by atoms with Crippen LogP contribution in [-0.4, -0.2) is 11.2 Å². The number of aromatic nitrogens is 1. The molecule has 1 aromatic heterocycles. The second-order valence-corrected chi connectivity index (χ2v) is 7.63. The summed E-state index contributed by atoms with van der Waals surface area (Å²) in [6.07, 6.45) is 2.89. The SMILES string of the molecule is CCc1ccc(N2CN=c3sc(=Cc4cccc(Cl)c4)c(=O)n3C2)cc1. The number of anilines is 1. The summed E-state index contributed by atoms with van der Waals surface area (Å²) in [5.41, 5.74) is 3.29. The predicted octanol–water partition coefficient (Wildman–Crippen LogP) is 3.01. The Morgan fingerprint density at radius 1 is 1.23 bits per heavy atom. The van der Waals surface area contributed by atoms with Crippen molar-refractivity contribution in [3.8, 4) is 0 Å². The smallest absolute Gasteiger partial charge is 0.271 e. The predicted molar refractivity (Wildman–Crippen MR) is 108 cm³/mol. The van der Waals surface area contributed by atoms with Gasteiger partial charge in [-0.2, -0.15) is 0 Å². The molecule has 2 aromatic carbocycles. The molecule has 1 aliphatic rings. The van der Waals surface area contributed by atoms with E-state index in [4.69, 9.17) is 11.6 Å². The van der Waals surface area contributed by atoms with E-state index in [1.807, 2.05) is 30.3 Å². The number of halogens is 1. The second kappa shape index (κ2) is 7.09. The zero-order chi connectivity index (χ0) is 18.1. The van der Waals surface area contributed by atoms with E-state index in [0.717, 1.165) is 22.5 Å². The fraction of sp³-hybridized carbons (Fsp3) is 0.200. The molecule has 0 atom stereocenters. The number of hydrogen-bond donors (Lipinski definition) is 0. The first-order valence-corrected chi connectivity index (χ1v) is 9.69. The molecule has 132 valence electrons. The lowest BCUT2D eigenvalue weighted by Gasteiger charge is -2.25. The van der Waals surface area contributed by atoms with Crippen LogP contribution >= 0.6 is 22.9 Å². The van der Waals surface area contributed by atoms with Crippen LogP contribution < -0.4 is 19.8 Å². The molecule has 0 spiro atoms. The lowest BCUT2D eigenvalue weighted by molar-refractivity contribution is 0.569. The number of nitrogens with zero attached hydrogens (tertiary/aromatic N) is 3. The largest absolute Gasteiger partial charge is 0.334 e. The standard InChI is InChI=1S/C20H18ClN3OS/c1-2-14-6-8-17(9-7-14)23-12-22-20-24(13-23)19(25)18(26-20)11-15-4-3-5-16(21)10-15/h3-11H,2,12-13H2,1H3. The molecule has 0 aliphatic carbocycles. The number of fused-ring (bicyclic) bond motifs is 1. The van der Waals surface area contributed by atoms with Crippen LogP contribution in [0.4, 0.5) is 5.69 Å². The van der Waals surface area contributed by atoms with Gasteiger partial charge in [-0.05, 0) is 47.9 Å². The molecule has 2 heterocycles. The molecule has 0 unspecified atom stereocenters. The van der Waals surface area contributed by atoms with Crippen LogP contribution in [0.15, 0.2) is 58.3 Å². The Morgan fingerprint density at radius 3 is 2.77 bits per heavy atom. The second-order valence-electron chi connectivity index (χ2n) is 6.18. The quantitative estimate of drug-likeness (QED) is 0.697. The van der Waals surface area contributed by atoms with E-state index >= 15 is 0 Å². The van der Waals surface area contributed by atoms with Gasteiger partial charge in [0.25, 0.3) is 5.56 Å². The number of aryl methyl sites for hydroxylation is 1. The minimum absolute atomic E-state index is 0.0106. The van der Waals surface area contributed by atoms with Gasteiger partial charge in [-0.15, -0.1) is 0 Å². The molecule has 1 aliphatic heterocycles. The van der Waals surface area contributed by atoms with Gasteiger partial charge in [0.05, 0.1) is 4.53 Å². The molecular formula is C20H18ClN3OS. The van der Waals surface area contributed by atoms with Crippen LogP contribution in [0.2, 0.25) is 5.02 Å². The molecule has 26 heavy (non-hydrogen) atoms. The van der Waals surface area contributed by atoms with Gasteiger partial charge >= 0.3 is 0 Å². The first kappa shape index (κ1) is 17.1. The van der Waals surface area contributed by atoms with Gasteiger partial charge in [-0.25, -0.2) is 4.99 Å². The molecule has 0 amide bonds. The van der Waals surface area contributed by atoms with E-state index in [9.17, 15) is 4.79 Å². The number of hydrogen-bond acceptors (Lipinski definition) is 4. The highest BCUT2D eigenvalue weighted by Crippen LogP contribution is 2.17. The summed E-state index contributed by atoms with van der Waals surface area (Å²) in [7, 11) is 0. The molecule has 0 radical (unpaired) electrons. The van der Waals surface area contributed by atoms with Crippen molar-refractivity contribution in [3.05, 3.63) is 84.4 Å².